The Morgan fingerprint density at radius 1 is 1.12 bits per heavy atom. The fourth-order valence-electron chi connectivity index (χ4n) is 3.45. The standard InChI is InChI=1S/C22H26N4O7S/c1-15-6-5-7-18(16(15)2)24-21(27)13-23-22(28)14-33-20-9-8-17(12-19(20)26(29)30)34(31,32)25-10-3-4-11-25/h5-9,12H,3-4,10-11,13-14H2,1-2H3,(H,23,28)(H,24,27). The van der Waals surface area contributed by atoms with Crippen molar-refractivity contribution in [2.75, 3.05) is 31.6 Å². The highest BCUT2D eigenvalue weighted by Gasteiger charge is 2.30. The number of sulfonamides is 1. The normalized spacial score (nSPS) is 13.9. The Hall–Kier alpha value is -3.51. The second kappa shape index (κ2) is 10.6. The number of hydrogen-bond acceptors (Lipinski definition) is 7. The van der Waals surface area contributed by atoms with Crippen molar-refractivity contribution in [1.29, 1.82) is 0 Å². The first-order valence-corrected chi connectivity index (χ1v) is 12.1. The maximum atomic E-state index is 12.7. The van der Waals surface area contributed by atoms with Gasteiger partial charge in [0.25, 0.3) is 5.91 Å². The van der Waals surface area contributed by atoms with Crippen LogP contribution in [-0.2, 0) is 19.6 Å². The summed E-state index contributed by atoms with van der Waals surface area (Å²) < 4.78 is 31.9. The molecule has 34 heavy (non-hydrogen) atoms. The van der Waals surface area contributed by atoms with Crippen LogP contribution in [0.2, 0.25) is 0 Å². The fraction of sp³-hybridized carbons (Fsp3) is 0.364. The zero-order valence-electron chi connectivity index (χ0n) is 18.9. The molecule has 2 amide bonds. The predicted octanol–water partition coefficient (Wildman–Crippen LogP) is 2.13. The van der Waals surface area contributed by atoms with Gasteiger partial charge >= 0.3 is 5.69 Å². The summed E-state index contributed by atoms with van der Waals surface area (Å²) in [6.45, 7) is 3.61. The minimum absolute atomic E-state index is 0.207. The summed E-state index contributed by atoms with van der Waals surface area (Å²) in [6, 6.07) is 8.76. The van der Waals surface area contributed by atoms with E-state index in [1.807, 2.05) is 19.9 Å². The van der Waals surface area contributed by atoms with E-state index in [1.54, 1.807) is 12.1 Å². The third-order valence-corrected chi connectivity index (χ3v) is 7.41. The Labute approximate surface area is 197 Å². The van der Waals surface area contributed by atoms with Gasteiger partial charge in [-0.3, -0.25) is 19.7 Å². The lowest BCUT2D eigenvalue weighted by atomic mass is 10.1. The highest BCUT2D eigenvalue weighted by Crippen LogP contribution is 2.31. The van der Waals surface area contributed by atoms with Crippen molar-refractivity contribution in [3.8, 4) is 5.75 Å². The number of carbonyl (C=O) groups is 2. The summed E-state index contributed by atoms with van der Waals surface area (Å²) >= 11 is 0. The molecule has 0 radical (unpaired) electrons. The summed E-state index contributed by atoms with van der Waals surface area (Å²) in [7, 11) is -3.84. The van der Waals surface area contributed by atoms with Crippen molar-refractivity contribution in [2.24, 2.45) is 0 Å². The molecule has 1 heterocycles. The number of ether oxygens (including phenoxy) is 1. The number of rotatable bonds is 9. The molecule has 0 aliphatic carbocycles. The Kier molecular flexibility index (Phi) is 7.84. The van der Waals surface area contributed by atoms with Crippen LogP contribution in [0.5, 0.6) is 5.75 Å². The zero-order chi connectivity index (χ0) is 24.9. The van der Waals surface area contributed by atoms with Gasteiger partial charge in [0.1, 0.15) is 0 Å². The van der Waals surface area contributed by atoms with Gasteiger partial charge in [-0.1, -0.05) is 12.1 Å². The molecule has 2 N–H and O–H groups in total. The summed E-state index contributed by atoms with van der Waals surface area (Å²) in [5.74, 6) is -1.36. The molecule has 1 aliphatic heterocycles. The Morgan fingerprint density at radius 2 is 1.82 bits per heavy atom. The number of nitrogens with one attached hydrogen (secondary N) is 2. The zero-order valence-corrected chi connectivity index (χ0v) is 19.7. The Bertz CT molecular complexity index is 1210. The van der Waals surface area contributed by atoms with Gasteiger partial charge in [0.15, 0.2) is 12.4 Å². The number of hydrogen-bond donors (Lipinski definition) is 2. The van der Waals surface area contributed by atoms with Crippen LogP contribution in [0.15, 0.2) is 41.3 Å². The highest BCUT2D eigenvalue weighted by atomic mass is 32.2. The van der Waals surface area contributed by atoms with Crippen molar-refractivity contribution in [3.63, 3.8) is 0 Å². The first-order chi connectivity index (χ1) is 16.1. The molecular formula is C22H26N4O7S. The molecule has 1 saturated heterocycles. The number of aryl methyl sites for hydroxylation is 1. The summed E-state index contributed by atoms with van der Waals surface area (Å²) in [4.78, 5) is 34.7. The van der Waals surface area contributed by atoms with Gasteiger partial charge in [-0.05, 0) is 56.0 Å². The van der Waals surface area contributed by atoms with Crippen LogP contribution in [0.4, 0.5) is 11.4 Å². The van der Waals surface area contributed by atoms with Crippen molar-refractivity contribution in [3.05, 3.63) is 57.6 Å². The largest absolute Gasteiger partial charge is 0.477 e. The molecule has 0 spiro atoms. The molecule has 1 fully saturated rings. The third-order valence-electron chi connectivity index (χ3n) is 5.51. The summed E-state index contributed by atoms with van der Waals surface area (Å²) in [6.07, 6.45) is 1.47. The monoisotopic (exact) mass is 490 g/mol. The van der Waals surface area contributed by atoms with E-state index in [1.165, 1.54) is 10.4 Å². The summed E-state index contributed by atoms with van der Waals surface area (Å²) in [5, 5.41) is 16.6. The molecule has 12 heteroatoms. The van der Waals surface area contributed by atoms with Crippen molar-refractivity contribution in [2.45, 2.75) is 31.6 Å². The van der Waals surface area contributed by atoms with Gasteiger partial charge < -0.3 is 15.4 Å². The molecule has 0 aromatic heterocycles. The SMILES string of the molecule is Cc1cccc(NC(=O)CNC(=O)COc2ccc(S(=O)(=O)N3CCCC3)cc2[N+](=O)[O-])c1C. The number of nitro groups is 1. The van der Waals surface area contributed by atoms with E-state index >= 15 is 0 Å². The van der Waals surface area contributed by atoms with Gasteiger partial charge in [0, 0.05) is 24.8 Å². The van der Waals surface area contributed by atoms with E-state index in [0.717, 1.165) is 36.1 Å². The van der Waals surface area contributed by atoms with Gasteiger partial charge in [0.2, 0.25) is 15.9 Å². The van der Waals surface area contributed by atoms with E-state index in [4.69, 9.17) is 4.74 Å². The van der Waals surface area contributed by atoms with Crippen LogP contribution >= 0.6 is 0 Å². The van der Waals surface area contributed by atoms with Crippen LogP contribution in [-0.4, -0.2) is 55.7 Å². The van der Waals surface area contributed by atoms with E-state index in [0.29, 0.717) is 18.8 Å². The average molecular weight is 491 g/mol. The molecule has 0 saturated carbocycles. The minimum atomic E-state index is -3.84. The lowest BCUT2D eigenvalue weighted by molar-refractivity contribution is -0.386. The fourth-order valence-corrected chi connectivity index (χ4v) is 4.99. The third kappa shape index (κ3) is 5.88. The van der Waals surface area contributed by atoms with Gasteiger partial charge in [0.05, 0.1) is 16.4 Å². The Morgan fingerprint density at radius 3 is 2.50 bits per heavy atom. The van der Waals surface area contributed by atoms with Crippen molar-refractivity contribution < 1.29 is 27.7 Å². The number of amides is 2. The molecule has 3 rings (SSSR count). The second-order valence-corrected chi connectivity index (χ2v) is 9.80. The molecule has 0 bridgehead atoms. The van der Waals surface area contributed by atoms with Crippen LogP contribution in [0, 0.1) is 24.0 Å². The lowest BCUT2D eigenvalue weighted by Crippen LogP contribution is -2.36. The molecule has 2 aromatic rings. The predicted molar refractivity (Wildman–Crippen MR) is 124 cm³/mol. The number of carbonyl (C=O) groups excluding carboxylic acids is 2. The van der Waals surface area contributed by atoms with Crippen molar-refractivity contribution >= 4 is 33.2 Å². The number of benzene rings is 2. The van der Waals surface area contributed by atoms with Crippen LogP contribution in [0.25, 0.3) is 0 Å². The lowest BCUT2D eigenvalue weighted by Gasteiger charge is -2.16. The van der Waals surface area contributed by atoms with E-state index in [9.17, 15) is 28.1 Å². The quantitative estimate of drug-likeness (QED) is 0.404. The highest BCUT2D eigenvalue weighted by molar-refractivity contribution is 7.89. The maximum absolute atomic E-state index is 12.7. The smallest absolute Gasteiger partial charge is 0.312 e. The molecule has 11 nitrogen and oxygen atoms in total. The van der Waals surface area contributed by atoms with E-state index in [-0.39, 0.29) is 17.2 Å². The molecule has 2 aromatic carbocycles. The van der Waals surface area contributed by atoms with E-state index < -0.39 is 39.1 Å². The number of nitro benzene ring substituents is 1. The first-order valence-electron chi connectivity index (χ1n) is 10.6. The topological polar surface area (TPSA) is 148 Å². The van der Waals surface area contributed by atoms with E-state index in [2.05, 4.69) is 10.6 Å². The molecule has 1 aliphatic rings. The molecule has 0 atom stereocenters. The molecule has 0 unspecified atom stereocenters. The van der Waals surface area contributed by atoms with Crippen LogP contribution in [0.3, 0.4) is 0 Å². The summed E-state index contributed by atoms with van der Waals surface area (Å²) in [5.41, 5.74) is 1.99. The maximum Gasteiger partial charge on any atom is 0.312 e. The molecule has 182 valence electrons. The van der Waals surface area contributed by atoms with Crippen molar-refractivity contribution in [1.82, 2.24) is 9.62 Å². The molecular weight excluding hydrogens is 464 g/mol. The minimum Gasteiger partial charge on any atom is -0.477 e. The number of nitrogens with zero attached hydrogens (tertiary/aromatic N) is 2. The second-order valence-electron chi connectivity index (χ2n) is 7.86. The van der Waals surface area contributed by atoms with Crippen LogP contribution in [0.1, 0.15) is 24.0 Å². The van der Waals surface area contributed by atoms with Crippen LogP contribution < -0.4 is 15.4 Å². The van der Waals surface area contributed by atoms with Gasteiger partial charge in [-0.15, -0.1) is 0 Å². The number of anilines is 1. The Balaban J connectivity index is 1.58. The van der Waals surface area contributed by atoms with Gasteiger partial charge in [-0.25, -0.2) is 8.42 Å². The average Bonchev–Trinajstić information content (AvgIpc) is 3.35. The first kappa shape index (κ1) is 25.1. The van der Waals surface area contributed by atoms with Gasteiger partial charge in [-0.2, -0.15) is 4.31 Å².